The molecule has 1 aliphatic rings. The smallest absolute Gasteiger partial charge is 0.341 e. The molecule has 1 amide bonds. The number of nitrogens with one attached hydrogen (secondary N) is 2. The maximum absolute atomic E-state index is 12.5. The van der Waals surface area contributed by atoms with Gasteiger partial charge in [0.25, 0.3) is 5.91 Å². The first kappa shape index (κ1) is 16.8. The first-order valence-corrected chi connectivity index (χ1v) is 7.96. The fourth-order valence-electron chi connectivity index (χ4n) is 2.97. The number of aromatic nitrogens is 1. The Hall–Kier alpha value is -3.09. The summed E-state index contributed by atoms with van der Waals surface area (Å²) in [5, 5.41) is 11.3. The van der Waals surface area contributed by atoms with Crippen LogP contribution < -0.4 is 10.1 Å². The Labute approximate surface area is 144 Å². The van der Waals surface area contributed by atoms with Crippen molar-refractivity contribution in [3.8, 4) is 5.75 Å². The van der Waals surface area contributed by atoms with Gasteiger partial charge in [0.1, 0.15) is 11.4 Å². The average Bonchev–Trinajstić information content (AvgIpc) is 2.92. The number of carbonyl (C=O) groups excluding carboxylic acids is 2. The van der Waals surface area contributed by atoms with Crippen molar-refractivity contribution in [3.63, 3.8) is 0 Å². The van der Waals surface area contributed by atoms with E-state index in [1.807, 2.05) is 0 Å². The van der Waals surface area contributed by atoms with Gasteiger partial charge in [0.15, 0.2) is 12.4 Å². The molecule has 1 aromatic heterocycles. The number of ketones is 1. The van der Waals surface area contributed by atoms with Gasteiger partial charge in [0.05, 0.1) is 0 Å². The van der Waals surface area contributed by atoms with Gasteiger partial charge in [-0.15, -0.1) is 0 Å². The van der Waals surface area contributed by atoms with Crippen molar-refractivity contribution >= 4 is 23.3 Å². The van der Waals surface area contributed by atoms with E-state index in [-0.39, 0.29) is 11.7 Å². The van der Waals surface area contributed by atoms with Crippen LogP contribution in [-0.2, 0) is 11.2 Å². The Morgan fingerprint density at radius 3 is 2.60 bits per heavy atom. The number of amides is 1. The van der Waals surface area contributed by atoms with E-state index in [1.165, 1.54) is 0 Å². The highest BCUT2D eigenvalue weighted by atomic mass is 16.5. The molecule has 1 aliphatic carbocycles. The van der Waals surface area contributed by atoms with Crippen molar-refractivity contribution in [1.29, 1.82) is 0 Å². The Balaban J connectivity index is 1.72. The van der Waals surface area contributed by atoms with E-state index in [0.717, 1.165) is 18.5 Å². The third kappa shape index (κ3) is 3.55. The molecule has 0 aliphatic heterocycles. The molecular formula is C18H18N2O5. The fraction of sp³-hybridized carbons (Fsp3) is 0.278. The van der Waals surface area contributed by atoms with Crippen molar-refractivity contribution in [2.75, 3.05) is 11.9 Å². The molecule has 7 heteroatoms. The van der Waals surface area contributed by atoms with Gasteiger partial charge >= 0.3 is 5.97 Å². The molecular weight excluding hydrogens is 324 g/mol. The number of H-pyrrole nitrogens is 1. The molecule has 130 valence electrons. The molecule has 0 saturated heterocycles. The third-order valence-corrected chi connectivity index (χ3v) is 4.14. The summed E-state index contributed by atoms with van der Waals surface area (Å²) in [6.07, 6.45) is 2.08. The number of rotatable bonds is 5. The number of aryl methyl sites for hydroxylation is 1. The quantitative estimate of drug-likeness (QED) is 0.774. The van der Waals surface area contributed by atoms with Gasteiger partial charge in [0.2, 0.25) is 0 Å². The predicted molar refractivity (Wildman–Crippen MR) is 90.3 cm³/mol. The zero-order valence-corrected chi connectivity index (χ0v) is 13.7. The lowest BCUT2D eigenvalue weighted by atomic mass is 9.94. The number of carboxylic acids is 1. The number of hydrogen-bond acceptors (Lipinski definition) is 4. The standard InChI is InChI=1S/C18H18N2O5/c1-10-16-13(3-2-4-14(16)21)20-17(10)18(24)19-11-5-7-12(8-6-11)25-9-15(22)23/h5-8,20H,2-4,9H2,1H3,(H,19,24)(H,22,23). The number of fused-ring (bicyclic) bond motifs is 1. The van der Waals surface area contributed by atoms with E-state index in [9.17, 15) is 14.4 Å². The fourth-order valence-corrected chi connectivity index (χ4v) is 2.97. The molecule has 0 radical (unpaired) electrons. The molecule has 2 aromatic rings. The number of hydrogen-bond donors (Lipinski definition) is 3. The number of benzene rings is 1. The lowest BCUT2D eigenvalue weighted by Crippen LogP contribution is -2.14. The molecule has 0 unspecified atom stereocenters. The summed E-state index contributed by atoms with van der Waals surface area (Å²) in [5.41, 5.74) is 3.10. The summed E-state index contributed by atoms with van der Waals surface area (Å²) in [6, 6.07) is 6.40. The maximum Gasteiger partial charge on any atom is 0.341 e. The summed E-state index contributed by atoms with van der Waals surface area (Å²) >= 11 is 0. The molecule has 1 aromatic carbocycles. The molecule has 7 nitrogen and oxygen atoms in total. The van der Waals surface area contributed by atoms with Crippen LogP contribution in [0.1, 0.15) is 44.9 Å². The van der Waals surface area contributed by atoms with Crippen molar-refractivity contribution in [2.45, 2.75) is 26.2 Å². The van der Waals surface area contributed by atoms with Crippen LogP contribution in [0.5, 0.6) is 5.75 Å². The van der Waals surface area contributed by atoms with Crippen LogP contribution in [0.3, 0.4) is 0 Å². The Bertz CT molecular complexity index is 836. The van der Waals surface area contributed by atoms with Gasteiger partial charge in [-0.05, 0) is 49.6 Å². The minimum Gasteiger partial charge on any atom is -0.482 e. The van der Waals surface area contributed by atoms with Crippen LogP contribution >= 0.6 is 0 Å². The second-order valence-corrected chi connectivity index (χ2v) is 5.92. The highest BCUT2D eigenvalue weighted by Crippen LogP contribution is 2.27. The molecule has 3 rings (SSSR count). The molecule has 0 bridgehead atoms. The lowest BCUT2D eigenvalue weighted by Gasteiger charge is -2.09. The summed E-state index contributed by atoms with van der Waals surface area (Å²) < 4.78 is 5.04. The van der Waals surface area contributed by atoms with Crippen LogP contribution in [0, 0.1) is 6.92 Å². The number of carbonyl (C=O) groups is 3. The van der Waals surface area contributed by atoms with Crippen molar-refractivity contribution in [3.05, 3.63) is 46.8 Å². The third-order valence-electron chi connectivity index (χ3n) is 4.14. The molecule has 0 atom stereocenters. The Morgan fingerprint density at radius 2 is 1.96 bits per heavy atom. The van der Waals surface area contributed by atoms with E-state index in [4.69, 9.17) is 9.84 Å². The van der Waals surface area contributed by atoms with Gasteiger partial charge in [-0.1, -0.05) is 0 Å². The van der Waals surface area contributed by atoms with Gasteiger partial charge in [0, 0.05) is 23.4 Å². The van der Waals surface area contributed by atoms with Crippen molar-refractivity contribution in [2.24, 2.45) is 0 Å². The van der Waals surface area contributed by atoms with Gasteiger partial charge in [-0.25, -0.2) is 4.79 Å². The minimum atomic E-state index is -1.06. The van der Waals surface area contributed by atoms with Crippen LogP contribution in [0.25, 0.3) is 0 Å². The van der Waals surface area contributed by atoms with E-state index in [2.05, 4.69) is 10.3 Å². The predicted octanol–water partition coefficient (Wildman–Crippen LogP) is 2.56. The Kier molecular flexibility index (Phi) is 4.56. The number of ether oxygens (including phenoxy) is 1. The molecule has 0 saturated carbocycles. The zero-order chi connectivity index (χ0) is 18.0. The molecule has 0 spiro atoms. The van der Waals surface area contributed by atoms with E-state index in [1.54, 1.807) is 31.2 Å². The van der Waals surface area contributed by atoms with Crippen LogP contribution in [0.15, 0.2) is 24.3 Å². The molecule has 25 heavy (non-hydrogen) atoms. The van der Waals surface area contributed by atoms with E-state index in [0.29, 0.717) is 34.7 Å². The second kappa shape index (κ2) is 6.80. The highest BCUT2D eigenvalue weighted by molar-refractivity contribution is 6.08. The SMILES string of the molecule is Cc1c(C(=O)Nc2ccc(OCC(=O)O)cc2)[nH]c2c1C(=O)CCC2. The number of aromatic amines is 1. The summed E-state index contributed by atoms with van der Waals surface area (Å²) in [6.45, 7) is 1.35. The topological polar surface area (TPSA) is 108 Å². The molecule has 3 N–H and O–H groups in total. The van der Waals surface area contributed by atoms with Crippen LogP contribution in [0.4, 0.5) is 5.69 Å². The van der Waals surface area contributed by atoms with E-state index >= 15 is 0 Å². The van der Waals surface area contributed by atoms with E-state index < -0.39 is 12.6 Å². The van der Waals surface area contributed by atoms with Crippen LogP contribution in [0.2, 0.25) is 0 Å². The average molecular weight is 342 g/mol. The number of Topliss-reactive ketones (excluding diaryl/α,β-unsaturated/α-hetero) is 1. The largest absolute Gasteiger partial charge is 0.482 e. The van der Waals surface area contributed by atoms with Gasteiger partial charge < -0.3 is 20.1 Å². The monoisotopic (exact) mass is 342 g/mol. The normalized spacial score (nSPS) is 13.2. The Morgan fingerprint density at radius 1 is 1.24 bits per heavy atom. The zero-order valence-electron chi connectivity index (χ0n) is 13.7. The lowest BCUT2D eigenvalue weighted by molar-refractivity contribution is -0.139. The maximum atomic E-state index is 12.5. The van der Waals surface area contributed by atoms with Crippen molar-refractivity contribution in [1.82, 2.24) is 4.98 Å². The molecule has 0 fully saturated rings. The second-order valence-electron chi connectivity index (χ2n) is 5.92. The highest BCUT2D eigenvalue weighted by Gasteiger charge is 2.26. The van der Waals surface area contributed by atoms with Gasteiger partial charge in [-0.2, -0.15) is 0 Å². The summed E-state index contributed by atoms with van der Waals surface area (Å²) in [7, 11) is 0. The van der Waals surface area contributed by atoms with Crippen LogP contribution in [-0.4, -0.2) is 34.4 Å². The number of anilines is 1. The van der Waals surface area contributed by atoms with Gasteiger partial charge in [-0.3, -0.25) is 9.59 Å². The summed E-state index contributed by atoms with van der Waals surface area (Å²) in [4.78, 5) is 38.1. The first-order valence-electron chi connectivity index (χ1n) is 7.96. The number of carboxylic acid groups (broad SMARTS) is 1. The summed E-state index contributed by atoms with van der Waals surface area (Å²) in [5.74, 6) is -0.900. The first-order chi connectivity index (χ1) is 12.0. The number of aliphatic carboxylic acids is 1. The molecule has 1 heterocycles. The van der Waals surface area contributed by atoms with Crippen molar-refractivity contribution < 1.29 is 24.2 Å². The minimum absolute atomic E-state index is 0.0778.